The van der Waals surface area contributed by atoms with Crippen molar-refractivity contribution in [2.75, 3.05) is 0 Å². The first kappa shape index (κ1) is 13.4. The Bertz CT molecular complexity index is 563. The Morgan fingerprint density at radius 3 is 2.78 bits per heavy atom. The summed E-state index contributed by atoms with van der Waals surface area (Å²) in [6.45, 7) is 1.90. The van der Waals surface area contributed by atoms with Crippen molar-refractivity contribution in [3.8, 4) is 0 Å². The number of nitrogens with one attached hydrogen (secondary N) is 1. The van der Waals surface area contributed by atoms with Crippen LogP contribution in [0.5, 0.6) is 0 Å². The highest BCUT2D eigenvalue weighted by Gasteiger charge is 2.24. The first-order chi connectivity index (χ1) is 8.40. The van der Waals surface area contributed by atoms with E-state index < -0.39 is 9.05 Å². The quantitative estimate of drug-likeness (QED) is 0.808. The summed E-state index contributed by atoms with van der Waals surface area (Å²) < 4.78 is 23.9. The van der Waals surface area contributed by atoms with Gasteiger partial charge in [-0.3, -0.25) is 4.79 Å². The van der Waals surface area contributed by atoms with Gasteiger partial charge in [0, 0.05) is 29.3 Å². The maximum absolute atomic E-state index is 11.6. The van der Waals surface area contributed by atoms with Crippen LogP contribution < -0.4 is 5.32 Å². The third-order valence-electron chi connectivity index (χ3n) is 2.66. The largest absolute Gasteiger partial charge is 0.352 e. The van der Waals surface area contributed by atoms with Gasteiger partial charge in [-0.15, -0.1) is 0 Å². The Balaban J connectivity index is 2.15. The van der Waals surface area contributed by atoms with Crippen molar-refractivity contribution in [1.82, 2.24) is 14.9 Å². The second-order valence-electron chi connectivity index (χ2n) is 4.26. The average Bonchev–Trinajstić information content (AvgIpc) is 2.95. The summed E-state index contributed by atoms with van der Waals surface area (Å²) in [4.78, 5) is 15.6. The van der Waals surface area contributed by atoms with Crippen LogP contribution in [0.15, 0.2) is 11.2 Å². The number of aryl methyl sites for hydroxylation is 1. The van der Waals surface area contributed by atoms with Crippen LogP contribution in [0.3, 0.4) is 0 Å². The fraction of sp³-hybridized carbons (Fsp3) is 0.600. The summed E-state index contributed by atoms with van der Waals surface area (Å²) in [5.74, 6) is 0.392. The lowest BCUT2D eigenvalue weighted by atomic mass is 10.4. The van der Waals surface area contributed by atoms with Gasteiger partial charge in [-0.25, -0.2) is 13.4 Å². The maximum atomic E-state index is 11.6. The molecule has 6 nitrogen and oxygen atoms in total. The SMILES string of the molecule is CCc1nc(S(=O)(=O)Cl)cn1CC(=O)NC1CC1. The van der Waals surface area contributed by atoms with Gasteiger partial charge in [-0.1, -0.05) is 6.92 Å². The molecule has 0 bridgehead atoms. The number of nitrogens with zero attached hydrogens (tertiary/aromatic N) is 2. The van der Waals surface area contributed by atoms with Crippen LogP contribution in [0.4, 0.5) is 0 Å². The lowest BCUT2D eigenvalue weighted by molar-refractivity contribution is -0.121. The number of carbonyl (C=O) groups excluding carboxylic acids is 1. The summed E-state index contributed by atoms with van der Waals surface area (Å²) >= 11 is 0. The third-order valence-corrected chi connectivity index (χ3v) is 3.83. The molecule has 100 valence electrons. The number of aromatic nitrogens is 2. The number of imidazole rings is 1. The van der Waals surface area contributed by atoms with Gasteiger partial charge in [-0.2, -0.15) is 0 Å². The van der Waals surface area contributed by atoms with Crippen molar-refractivity contribution in [2.24, 2.45) is 0 Å². The molecule has 0 radical (unpaired) electrons. The van der Waals surface area contributed by atoms with Gasteiger partial charge in [0.05, 0.1) is 0 Å². The van der Waals surface area contributed by atoms with Crippen LogP contribution in [0, 0.1) is 0 Å². The standard InChI is InChI=1S/C10H14ClN3O3S/c1-2-8-13-10(18(11,16)17)6-14(8)5-9(15)12-7-3-4-7/h6-7H,2-5H2,1H3,(H,12,15). The summed E-state index contributed by atoms with van der Waals surface area (Å²) in [5.41, 5.74) is 0. The zero-order valence-electron chi connectivity index (χ0n) is 9.89. The zero-order chi connectivity index (χ0) is 13.3. The topological polar surface area (TPSA) is 81.1 Å². The van der Waals surface area contributed by atoms with Gasteiger partial charge in [-0.05, 0) is 12.8 Å². The molecule has 0 unspecified atom stereocenters. The van der Waals surface area contributed by atoms with E-state index in [1.54, 1.807) is 0 Å². The van der Waals surface area contributed by atoms with E-state index in [-0.39, 0.29) is 23.5 Å². The molecule has 1 aromatic heterocycles. The molecule has 0 aliphatic heterocycles. The molecule has 1 aliphatic rings. The lowest BCUT2D eigenvalue weighted by Crippen LogP contribution is -2.29. The van der Waals surface area contributed by atoms with Crippen molar-refractivity contribution in [3.63, 3.8) is 0 Å². The smallest absolute Gasteiger partial charge is 0.280 e. The molecular formula is C10H14ClN3O3S. The number of rotatable bonds is 5. The summed E-state index contributed by atoms with van der Waals surface area (Å²) in [6, 6.07) is 0.280. The minimum atomic E-state index is -3.85. The van der Waals surface area contributed by atoms with Crippen molar-refractivity contribution >= 4 is 25.6 Å². The summed E-state index contributed by atoms with van der Waals surface area (Å²) in [5, 5.41) is 2.62. The highest BCUT2D eigenvalue weighted by atomic mass is 35.7. The van der Waals surface area contributed by atoms with E-state index in [0.717, 1.165) is 12.8 Å². The predicted octanol–water partition coefficient (Wildman–Crippen LogP) is 0.652. The predicted molar refractivity (Wildman–Crippen MR) is 65.8 cm³/mol. The lowest BCUT2D eigenvalue weighted by Gasteiger charge is -2.06. The first-order valence-corrected chi connectivity index (χ1v) is 8.01. The van der Waals surface area contributed by atoms with Crippen LogP contribution in [0.25, 0.3) is 0 Å². The normalized spacial score (nSPS) is 15.7. The first-order valence-electron chi connectivity index (χ1n) is 5.70. The van der Waals surface area contributed by atoms with Crippen molar-refractivity contribution in [3.05, 3.63) is 12.0 Å². The number of hydrogen-bond donors (Lipinski definition) is 1. The molecule has 0 aromatic carbocycles. The molecule has 8 heteroatoms. The molecule has 1 N–H and O–H groups in total. The van der Waals surface area contributed by atoms with Crippen LogP contribution in [-0.4, -0.2) is 29.9 Å². The molecule has 1 saturated carbocycles. The molecule has 0 atom stereocenters. The number of hydrogen-bond acceptors (Lipinski definition) is 4. The monoisotopic (exact) mass is 291 g/mol. The van der Waals surface area contributed by atoms with E-state index >= 15 is 0 Å². The molecule has 18 heavy (non-hydrogen) atoms. The molecule has 1 amide bonds. The minimum absolute atomic E-state index is 0.0685. The Morgan fingerprint density at radius 1 is 1.61 bits per heavy atom. The van der Waals surface area contributed by atoms with Crippen molar-refractivity contribution in [1.29, 1.82) is 0 Å². The van der Waals surface area contributed by atoms with Gasteiger partial charge in [0.1, 0.15) is 12.4 Å². The summed E-state index contributed by atoms with van der Waals surface area (Å²) in [6.07, 6.45) is 3.85. The molecule has 1 aromatic rings. The third kappa shape index (κ3) is 3.23. The fourth-order valence-electron chi connectivity index (χ4n) is 1.62. The van der Waals surface area contributed by atoms with Crippen molar-refractivity contribution < 1.29 is 13.2 Å². The number of carbonyl (C=O) groups is 1. The van der Waals surface area contributed by atoms with Crippen LogP contribution in [-0.2, 0) is 26.8 Å². The van der Waals surface area contributed by atoms with E-state index in [0.29, 0.717) is 12.2 Å². The van der Waals surface area contributed by atoms with Crippen molar-refractivity contribution in [2.45, 2.75) is 43.8 Å². The highest BCUT2D eigenvalue weighted by Crippen LogP contribution is 2.19. The van der Waals surface area contributed by atoms with E-state index in [9.17, 15) is 13.2 Å². The Morgan fingerprint density at radius 2 is 2.28 bits per heavy atom. The number of halogens is 1. The number of amides is 1. The van der Waals surface area contributed by atoms with E-state index in [1.165, 1.54) is 10.8 Å². The van der Waals surface area contributed by atoms with Crippen LogP contribution >= 0.6 is 10.7 Å². The molecule has 2 rings (SSSR count). The maximum Gasteiger partial charge on any atom is 0.280 e. The molecular weight excluding hydrogens is 278 g/mol. The molecule has 0 spiro atoms. The molecule has 1 aliphatic carbocycles. The summed E-state index contributed by atoms with van der Waals surface area (Å²) in [7, 11) is 1.38. The second-order valence-corrected chi connectivity index (χ2v) is 6.77. The van der Waals surface area contributed by atoms with E-state index in [2.05, 4.69) is 10.3 Å². The van der Waals surface area contributed by atoms with Gasteiger partial charge in [0.25, 0.3) is 9.05 Å². The van der Waals surface area contributed by atoms with E-state index in [4.69, 9.17) is 10.7 Å². The highest BCUT2D eigenvalue weighted by molar-refractivity contribution is 8.13. The van der Waals surface area contributed by atoms with Gasteiger partial charge < -0.3 is 9.88 Å². The fourth-order valence-corrected chi connectivity index (χ4v) is 2.31. The molecule has 0 saturated heterocycles. The Kier molecular flexibility index (Phi) is 3.63. The zero-order valence-corrected chi connectivity index (χ0v) is 11.5. The second kappa shape index (κ2) is 4.89. The van der Waals surface area contributed by atoms with Gasteiger partial charge >= 0.3 is 0 Å². The Hall–Kier alpha value is -1.08. The molecule has 1 heterocycles. The Labute approximate surface area is 110 Å². The van der Waals surface area contributed by atoms with Crippen LogP contribution in [0.1, 0.15) is 25.6 Å². The van der Waals surface area contributed by atoms with Crippen LogP contribution in [0.2, 0.25) is 0 Å². The average molecular weight is 292 g/mol. The van der Waals surface area contributed by atoms with E-state index in [1.807, 2.05) is 6.92 Å². The minimum Gasteiger partial charge on any atom is -0.352 e. The van der Waals surface area contributed by atoms with Gasteiger partial charge in [0.15, 0.2) is 5.03 Å². The molecule has 1 fully saturated rings. The van der Waals surface area contributed by atoms with Gasteiger partial charge in [0.2, 0.25) is 5.91 Å².